The van der Waals surface area contributed by atoms with Crippen molar-refractivity contribution in [2.24, 2.45) is 0 Å². The second-order valence-corrected chi connectivity index (χ2v) is 6.68. The summed E-state index contributed by atoms with van der Waals surface area (Å²) in [4.78, 5) is 0. The van der Waals surface area contributed by atoms with Gasteiger partial charge < -0.3 is 4.40 Å². The standard InChI is InChI=1S/C24H16N2/c1-16-12-20(14-25)24-22-9-5-4-8-21(22)23(15-26(16)24)19-11-10-17-6-2-3-7-18(17)13-19/h2-13,15H,1H3. The molecule has 2 heterocycles. The van der Waals surface area contributed by atoms with Gasteiger partial charge in [0.25, 0.3) is 0 Å². The van der Waals surface area contributed by atoms with E-state index >= 15 is 0 Å². The number of pyridine rings is 1. The van der Waals surface area contributed by atoms with Gasteiger partial charge in [0.15, 0.2) is 0 Å². The van der Waals surface area contributed by atoms with Gasteiger partial charge in [0, 0.05) is 22.8 Å². The lowest BCUT2D eigenvalue weighted by molar-refractivity contribution is 1.12. The lowest BCUT2D eigenvalue weighted by Crippen LogP contribution is -1.92. The van der Waals surface area contributed by atoms with Crippen molar-refractivity contribution >= 4 is 27.1 Å². The van der Waals surface area contributed by atoms with Gasteiger partial charge in [-0.2, -0.15) is 5.26 Å². The van der Waals surface area contributed by atoms with E-state index in [1.807, 2.05) is 19.1 Å². The maximum atomic E-state index is 9.55. The van der Waals surface area contributed by atoms with Crippen LogP contribution in [0.4, 0.5) is 0 Å². The summed E-state index contributed by atoms with van der Waals surface area (Å²) in [5.41, 5.74) is 5.16. The van der Waals surface area contributed by atoms with Gasteiger partial charge in [0.2, 0.25) is 0 Å². The fourth-order valence-corrected chi connectivity index (χ4v) is 3.89. The van der Waals surface area contributed by atoms with Crippen LogP contribution in [0.5, 0.6) is 0 Å². The number of hydrogen-bond acceptors (Lipinski definition) is 1. The number of hydrogen-bond donors (Lipinski definition) is 0. The van der Waals surface area contributed by atoms with E-state index in [9.17, 15) is 5.26 Å². The van der Waals surface area contributed by atoms with Crippen molar-refractivity contribution in [2.45, 2.75) is 6.92 Å². The predicted octanol–water partition coefficient (Wildman–Crippen LogP) is 6.09. The Labute approximate surface area is 151 Å². The zero-order chi connectivity index (χ0) is 17.7. The summed E-state index contributed by atoms with van der Waals surface area (Å²) in [5.74, 6) is 0. The molecule has 5 rings (SSSR count). The van der Waals surface area contributed by atoms with Gasteiger partial charge >= 0.3 is 0 Å². The Morgan fingerprint density at radius 1 is 0.808 bits per heavy atom. The van der Waals surface area contributed by atoms with Crippen LogP contribution in [0.3, 0.4) is 0 Å². The monoisotopic (exact) mass is 332 g/mol. The third kappa shape index (κ3) is 2.04. The van der Waals surface area contributed by atoms with Crippen LogP contribution in [0.1, 0.15) is 11.3 Å². The largest absolute Gasteiger partial charge is 0.319 e. The molecule has 0 spiro atoms. The highest BCUT2D eigenvalue weighted by Crippen LogP contribution is 2.35. The van der Waals surface area contributed by atoms with E-state index in [-0.39, 0.29) is 0 Å². The SMILES string of the molecule is Cc1cc(C#N)c2c3ccccc3c(-c3ccc4ccccc4c3)cn12. The lowest BCUT2D eigenvalue weighted by Gasteiger charge is -2.12. The Morgan fingerprint density at radius 3 is 2.35 bits per heavy atom. The van der Waals surface area contributed by atoms with E-state index < -0.39 is 0 Å². The zero-order valence-corrected chi connectivity index (χ0v) is 14.4. The molecule has 0 unspecified atom stereocenters. The van der Waals surface area contributed by atoms with E-state index in [0.29, 0.717) is 0 Å². The Bertz CT molecular complexity index is 1350. The summed E-state index contributed by atoms with van der Waals surface area (Å²) in [6.45, 7) is 2.05. The van der Waals surface area contributed by atoms with Crippen LogP contribution in [0.15, 0.2) is 79.0 Å². The van der Waals surface area contributed by atoms with Gasteiger partial charge in [-0.15, -0.1) is 0 Å². The van der Waals surface area contributed by atoms with Crippen LogP contribution in [0.25, 0.3) is 38.2 Å². The number of aromatic nitrogens is 1. The molecule has 0 aliphatic rings. The zero-order valence-electron chi connectivity index (χ0n) is 14.4. The quantitative estimate of drug-likeness (QED) is 0.365. The summed E-state index contributed by atoms with van der Waals surface area (Å²) in [7, 11) is 0. The van der Waals surface area contributed by atoms with E-state index in [2.05, 4.69) is 77.3 Å². The number of rotatable bonds is 1. The Balaban J connectivity index is 1.92. The lowest BCUT2D eigenvalue weighted by atomic mass is 9.97. The van der Waals surface area contributed by atoms with Crippen LogP contribution in [-0.2, 0) is 0 Å². The normalized spacial score (nSPS) is 11.2. The van der Waals surface area contributed by atoms with E-state index in [0.717, 1.165) is 22.2 Å². The molecule has 5 aromatic rings. The second-order valence-electron chi connectivity index (χ2n) is 6.68. The topological polar surface area (TPSA) is 28.2 Å². The molecule has 0 bridgehead atoms. The molecule has 0 aliphatic heterocycles. The molecule has 0 saturated heterocycles. The molecule has 0 aliphatic carbocycles. The molecule has 0 fully saturated rings. The number of fused-ring (bicyclic) bond motifs is 4. The molecule has 0 N–H and O–H groups in total. The van der Waals surface area contributed by atoms with Crippen molar-refractivity contribution in [3.8, 4) is 17.2 Å². The van der Waals surface area contributed by atoms with Crippen molar-refractivity contribution in [1.82, 2.24) is 4.40 Å². The first-order chi connectivity index (χ1) is 12.8. The summed E-state index contributed by atoms with van der Waals surface area (Å²) >= 11 is 0. The minimum atomic E-state index is 0.726. The number of benzene rings is 3. The Kier molecular flexibility index (Phi) is 3.10. The first kappa shape index (κ1) is 14.7. The van der Waals surface area contributed by atoms with Crippen LogP contribution in [-0.4, -0.2) is 4.40 Å². The highest BCUT2D eigenvalue weighted by molar-refractivity contribution is 6.07. The second kappa shape index (κ2) is 5.47. The smallest absolute Gasteiger partial charge is 0.101 e. The minimum Gasteiger partial charge on any atom is -0.319 e. The molecule has 122 valence electrons. The molecular weight excluding hydrogens is 316 g/mol. The summed E-state index contributed by atoms with van der Waals surface area (Å²) in [6.07, 6.45) is 2.16. The Hall–Kier alpha value is -3.57. The number of nitrogens with zero attached hydrogens (tertiary/aromatic N) is 2. The third-order valence-corrected chi connectivity index (χ3v) is 5.14. The molecule has 2 heteroatoms. The molecule has 0 atom stereocenters. The fourth-order valence-electron chi connectivity index (χ4n) is 3.89. The predicted molar refractivity (Wildman–Crippen MR) is 107 cm³/mol. The van der Waals surface area contributed by atoms with Crippen molar-refractivity contribution in [3.05, 3.63) is 90.3 Å². The minimum absolute atomic E-state index is 0.726. The van der Waals surface area contributed by atoms with Crippen LogP contribution < -0.4 is 0 Å². The van der Waals surface area contributed by atoms with Gasteiger partial charge in [-0.05, 0) is 40.8 Å². The van der Waals surface area contributed by atoms with Crippen LogP contribution in [0.2, 0.25) is 0 Å². The van der Waals surface area contributed by atoms with E-state index in [1.54, 1.807) is 0 Å². The number of nitriles is 1. The first-order valence-electron chi connectivity index (χ1n) is 8.69. The molecular formula is C24H16N2. The highest BCUT2D eigenvalue weighted by atomic mass is 14.9. The maximum absolute atomic E-state index is 9.55. The van der Waals surface area contributed by atoms with Crippen LogP contribution >= 0.6 is 0 Å². The van der Waals surface area contributed by atoms with Gasteiger partial charge in [-0.1, -0.05) is 60.7 Å². The third-order valence-electron chi connectivity index (χ3n) is 5.14. The highest BCUT2D eigenvalue weighted by Gasteiger charge is 2.14. The van der Waals surface area contributed by atoms with Gasteiger partial charge in [-0.3, -0.25) is 0 Å². The van der Waals surface area contributed by atoms with Gasteiger partial charge in [0.05, 0.1) is 11.1 Å². The van der Waals surface area contributed by atoms with Gasteiger partial charge in [0.1, 0.15) is 6.07 Å². The van der Waals surface area contributed by atoms with Crippen LogP contribution in [0, 0.1) is 18.3 Å². The van der Waals surface area contributed by atoms with Crippen molar-refractivity contribution in [1.29, 1.82) is 5.26 Å². The van der Waals surface area contributed by atoms with E-state index in [1.165, 1.54) is 27.3 Å². The molecule has 0 amide bonds. The molecule has 0 radical (unpaired) electrons. The molecule has 2 nitrogen and oxygen atoms in total. The molecule has 0 saturated carbocycles. The average molecular weight is 332 g/mol. The Morgan fingerprint density at radius 2 is 1.54 bits per heavy atom. The van der Waals surface area contributed by atoms with Crippen molar-refractivity contribution in [3.63, 3.8) is 0 Å². The molecule has 26 heavy (non-hydrogen) atoms. The fraction of sp³-hybridized carbons (Fsp3) is 0.0417. The maximum Gasteiger partial charge on any atom is 0.101 e. The first-order valence-corrected chi connectivity index (χ1v) is 8.69. The summed E-state index contributed by atoms with van der Waals surface area (Å²) in [5, 5.41) is 14.3. The average Bonchev–Trinajstić information content (AvgIpc) is 3.03. The van der Waals surface area contributed by atoms with Crippen molar-refractivity contribution in [2.75, 3.05) is 0 Å². The molecule has 3 aromatic carbocycles. The number of aryl methyl sites for hydroxylation is 1. The van der Waals surface area contributed by atoms with Gasteiger partial charge in [-0.25, -0.2) is 0 Å². The summed E-state index contributed by atoms with van der Waals surface area (Å²) in [6, 6.07) is 27.7. The van der Waals surface area contributed by atoms with E-state index in [4.69, 9.17) is 0 Å². The molecule has 2 aromatic heterocycles. The van der Waals surface area contributed by atoms with Crippen molar-refractivity contribution < 1.29 is 0 Å². The summed E-state index contributed by atoms with van der Waals surface area (Å²) < 4.78 is 2.14.